The van der Waals surface area contributed by atoms with Gasteiger partial charge in [-0.15, -0.1) is 0 Å². The molecule has 0 unspecified atom stereocenters. The van der Waals surface area contributed by atoms with Crippen LogP contribution in [0.25, 0.3) is 22.3 Å². The SMILES string of the molecule is O=C(NNc1nc2ccccc2c(=O)[nH]1)c1cccc(-c2noc(C(F)(F)F)n2)c1. The Morgan fingerprint density at radius 2 is 1.87 bits per heavy atom. The van der Waals surface area contributed by atoms with Gasteiger partial charge in [-0.1, -0.05) is 29.4 Å². The molecule has 0 bridgehead atoms. The molecular formula is C18H11F3N6O3. The van der Waals surface area contributed by atoms with Crippen LogP contribution in [0.3, 0.4) is 0 Å². The molecule has 2 heterocycles. The molecule has 0 saturated heterocycles. The predicted octanol–water partition coefficient (Wildman–Crippen LogP) is 2.75. The summed E-state index contributed by atoms with van der Waals surface area (Å²) in [5.41, 5.74) is 5.13. The minimum absolute atomic E-state index is 0.0104. The quantitative estimate of drug-likeness (QED) is 0.437. The summed E-state index contributed by atoms with van der Waals surface area (Å²) >= 11 is 0. The number of halogens is 3. The summed E-state index contributed by atoms with van der Waals surface area (Å²) in [6.07, 6.45) is -4.77. The van der Waals surface area contributed by atoms with E-state index in [2.05, 4.69) is 35.5 Å². The second-order valence-corrected chi connectivity index (χ2v) is 6.01. The van der Waals surface area contributed by atoms with Gasteiger partial charge in [0.15, 0.2) is 0 Å². The Hall–Kier alpha value is -4.22. The van der Waals surface area contributed by atoms with Crippen molar-refractivity contribution in [2.45, 2.75) is 6.18 Å². The Morgan fingerprint density at radius 1 is 1.07 bits per heavy atom. The van der Waals surface area contributed by atoms with E-state index in [1.807, 2.05) is 0 Å². The summed E-state index contributed by atoms with van der Waals surface area (Å²) in [4.78, 5) is 34.4. The van der Waals surface area contributed by atoms with Crippen LogP contribution in [0.5, 0.6) is 0 Å². The first-order valence-corrected chi connectivity index (χ1v) is 8.38. The van der Waals surface area contributed by atoms with Crippen LogP contribution in [0, 0.1) is 0 Å². The van der Waals surface area contributed by atoms with E-state index < -0.39 is 23.5 Å². The molecule has 2 aromatic heterocycles. The highest BCUT2D eigenvalue weighted by molar-refractivity contribution is 5.95. The van der Waals surface area contributed by atoms with Crippen LogP contribution in [0.1, 0.15) is 16.2 Å². The number of hydrogen-bond acceptors (Lipinski definition) is 7. The Labute approximate surface area is 164 Å². The zero-order chi connectivity index (χ0) is 21.3. The maximum absolute atomic E-state index is 12.6. The van der Waals surface area contributed by atoms with Gasteiger partial charge in [-0.25, -0.2) is 4.98 Å². The predicted molar refractivity (Wildman–Crippen MR) is 98.2 cm³/mol. The van der Waals surface area contributed by atoms with Crippen LogP contribution in [0.4, 0.5) is 19.1 Å². The molecule has 152 valence electrons. The van der Waals surface area contributed by atoms with Crippen molar-refractivity contribution < 1.29 is 22.5 Å². The van der Waals surface area contributed by atoms with Crippen molar-refractivity contribution in [1.82, 2.24) is 25.5 Å². The Bertz CT molecular complexity index is 1300. The van der Waals surface area contributed by atoms with Crippen molar-refractivity contribution in [2.24, 2.45) is 0 Å². The third-order valence-electron chi connectivity index (χ3n) is 3.96. The van der Waals surface area contributed by atoms with Crippen molar-refractivity contribution in [2.75, 3.05) is 5.43 Å². The standard InChI is InChI=1S/C18H11F3N6O3/c19-18(20,21)16-23-13(27-30-16)9-4-3-5-10(8-9)14(28)25-26-17-22-12-7-2-1-6-11(12)15(29)24-17/h1-8H,(H,25,28)(H2,22,24,26,29). The van der Waals surface area contributed by atoms with Crippen LogP contribution >= 0.6 is 0 Å². The second kappa shape index (κ2) is 7.31. The van der Waals surface area contributed by atoms with Crippen molar-refractivity contribution >= 4 is 22.8 Å². The number of anilines is 1. The zero-order valence-corrected chi connectivity index (χ0v) is 14.8. The number of hydrogen-bond donors (Lipinski definition) is 3. The van der Waals surface area contributed by atoms with Gasteiger partial charge in [0, 0.05) is 11.1 Å². The van der Waals surface area contributed by atoms with Gasteiger partial charge in [-0.05, 0) is 24.3 Å². The average molecular weight is 416 g/mol. The number of alkyl halides is 3. The van der Waals surface area contributed by atoms with E-state index in [1.54, 1.807) is 24.3 Å². The Kier molecular flexibility index (Phi) is 4.66. The molecule has 0 aliphatic carbocycles. The molecule has 1 amide bonds. The van der Waals surface area contributed by atoms with Gasteiger partial charge in [-0.2, -0.15) is 18.2 Å². The first-order chi connectivity index (χ1) is 14.3. The Morgan fingerprint density at radius 3 is 2.63 bits per heavy atom. The van der Waals surface area contributed by atoms with Crippen LogP contribution in [0.2, 0.25) is 0 Å². The van der Waals surface area contributed by atoms with Gasteiger partial charge in [0.1, 0.15) is 0 Å². The molecule has 4 aromatic rings. The third kappa shape index (κ3) is 3.83. The normalized spacial score (nSPS) is 11.4. The second-order valence-electron chi connectivity index (χ2n) is 6.01. The molecule has 3 N–H and O–H groups in total. The first kappa shape index (κ1) is 19.1. The van der Waals surface area contributed by atoms with Crippen LogP contribution in [-0.4, -0.2) is 26.0 Å². The lowest BCUT2D eigenvalue weighted by molar-refractivity contribution is -0.159. The van der Waals surface area contributed by atoms with Crippen LogP contribution in [0.15, 0.2) is 57.8 Å². The van der Waals surface area contributed by atoms with E-state index in [1.165, 1.54) is 24.3 Å². The topological polar surface area (TPSA) is 126 Å². The summed E-state index contributed by atoms with van der Waals surface area (Å²) in [6.45, 7) is 0. The minimum atomic E-state index is -4.77. The minimum Gasteiger partial charge on any atom is -0.329 e. The molecule has 4 rings (SSSR count). The lowest BCUT2D eigenvalue weighted by Gasteiger charge is -2.08. The number of carbonyl (C=O) groups excluding carboxylic acids is 1. The van der Waals surface area contributed by atoms with Gasteiger partial charge in [0.2, 0.25) is 11.8 Å². The van der Waals surface area contributed by atoms with Crippen molar-refractivity contribution in [3.05, 3.63) is 70.3 Å². The highest BCUT2D eigenvalue weighted by Gasteiger charge is 2.38. The van der Waals surface area contributed by atoms with E-state index in [9.17, 15) is 22.8 Å². The van der Waals surface area contributed by atoms with E-state index in [0.717, 1.165) is 0 Å². The van der Waals surface area contributed by atoms with Crippen molar-refractivity contribution in [3.63, 3.8) is 0 Å². The highest BCUT2D eigenvalue weighted by atomic mass is 19.4. The van der Waals surface area contributed by atoms with Gasteiger partial charge >= 0.3 is 12.1 Å². The fraction of sp³-hybridized carbons (Fsp3) is 0.0556. The number of nitrogens with one attached hydrogen (secondary N) is 3. The maximum atomic E-state index is 12.6. The zero-order valence-electron chi connectivity index (χ0n) is 14.8. The maximum Gasteiger partial charge on any atom is 0.471 e. The molecule has 0 radical (unpaired) electrons. The number of carbonyl (C=O) groups is 1. The number of nitrogens with zero attached hydrogens (tertiary/aromatic N) is 3. The number of rotatable bonds is 4. The summed E-state index contributed by atoms with van der Waals surface area (Å²) in [5.74, 6) is -2.42. The van der Waals surface area contributed by atoms with Crippen molar-refractivity contribution in [1.29, 1.82) is 0 Å². The molecule has 2 aromatic carbocycles. The highest BCUT2D eigenvalue weighted by Crippen LogP contribution is 2.29. The van der Waals surface area contributed by atoms with E-state index in [-0.39, 0.29) is 22.9 Å². The van der Waals surface area contributed by atoms with Crippen LogP contribution < -0.4 is 16.4 Å². The van der Waals surface area contributed by atoms with Gasteiger partial charge in [-0.3, -0.25) is 25.4 Å². The molecule has 0 saturated carbocycles. The smallest absolute Gasteiger partial charge is 0.329 e. The van der Waals surface area contributed by atoms with E-state index in [0.29, 0.717) is 10.9 Å². The lowest BCUT2D eigenvalue weighted by atomic mass is 10.1. The summed E-state index contributed by atoms with van der Waals surface area (Å²) in [5, 5.41) is 3.67. The fourth-order valence-corrected chi connectivity index (χ4v) is 2.59. The molecule has 0 aliphatic rings. The number of para-hydroxylation sites is 1. The fourth-order valence-electron chi connectivity index (χ4n) is 2.59. The number of benzene rings is 2. The van der Waals surface area contributed by atoms with Crippen molar-refractivity contribution in [3.8, 4) is 11.4 Å². The average Bonchev–Trinajstić information content (AvgIpc) is 3.23. The third-order valence-corrected chi connectivity index (χ3v) is 3.96. The van der Waals surface area contributed by atoms with Crippen LogP contribution in [-0.2, 0) is 6.18 Å². The molecule has 12 heteroatoms. The molecule has 0 fully saturated rings. The van der Waals surface area contributed by atoms with Gasteiger partial charge in [0.05, 0.1) is 10.9 Å². The largest absolute Gasteiger partial charge is 0.471 e. The number of amides is 1. The summed E-state index contributed by atoms with van der Waals surface area (Å²) in [6, 6.07) is 12.3. The number of aromatic nitrogens is 4. The molecule has 0 aliphatic heterocycles. The van der Waals surface area contributed by atoms with Gasteiger partial charge in [0.25, 0.3) is 11.5 Å². The molecular weight excluding hydrogens is 405 g/mol. The van der Waals surface area contributed by atoms with E-state index >= 15 is 0 Å². The monoisotopic (exact) mass is 416 g/mol. The molecule has 30 heavy (non-hydrogen) atoms. The molecule has 0 atom stereocenters. The number of aromatic amines is 1. The molecule has 0 spiro atoms. The number of fused-ring (bicyclic) bond motifs is 1. The summed E-state index contributed by atoms with van der Waals surface area (Å²) in [7, 11) is 0. The van der Waals surface area contributed by atoms with Gasteiger partial charge < -0.3 is 4.52 Å². The van der Waals surface area contributed by atoms with E-state index in [4.69, 9.17) is 0 Å². The summed E-state index contributed by atoms with van der Waals surface area (Å²) < 4.78 is 42.0. The number of hydrazine groups is 1. The lowest BCUT2D eigenvalue weighted by Crippen LogP contribution is -2.31. The first-order valence-electron chi connectivity index (χ1n) is 8.38. The molecule has 9 nitrogen and oxygen atoms in total. The number of H-pyrrole nitrogens is 1. The Balaban J connectivity index is 1.51.